The summed E-state index contributed by atoms with van der Waals surface area (Å²) in [6, 6.07) is 0. The molecule has 0 spiro atoms. The lowest BCUT2D eigenvalue weighted by molar-refractivity contribution is -0.117. The van der Waals surface area contributed by atoms with Gasteiger partial charge in [0, 0.05) is 24.6 Å². The molecule has 0 aliphatic heterocycles. The third-order valence-electron chi connectivity index (χ3n) is 4.13. The van der Waals surface area contributed by atoms with Gasteiger partial charge in [-0.1, -0.05) is 53.7 Å². The van der Waals surface area contributed by atoms with Crippen molar-refractivity contribution < 1.29 is 4.79 Å². The molecule has 0 saturated heterocycles. The van der Waals surface area contributed by atoms with Gasteiger partial charge >= 0.3 is 0 Å². The van der Waals surface area contributed by atoms with Crippen LogP contribution < -0.4 is 5.73 Å². The van der Waals surface area contributed by atoms with Crippen LogP contribution in [0.1, 0.15) is 68.2 Å². The molecule has 1 aliphatic carbocycles. The number of amidine groups is 1. The summed E-state index contributed by atoms with van der Waals surface area (Å²) in [5.74, 6) is 0.844. The molecular weight excluding hydrogens is 296 g/mol. The lowest BCUT2D eigenvalue weighted by Gasteiger charge is -2.33. The minimum atomic E-state index is 0.0283. The van der Waals surface area contributed by atoms with Gasteiger partial charge in [0.15, 0.2) is 5.78 Å². The maximum Gasteiger partial charge on any atom is 0.163 e. The van der Waals surface area contributed by atoms with Gasteiger partial charge in [-0.25, -0.2) is 0 Å². The van der Waals surface area contributed by atoms with Crippen LogP contribution in [0.15, 0.2) is 39.4 Å². The molecule has 0 saturated carbocycles. The topological polar surface area (TPSA) is 55.4 Å². The Morgan fingerprint density at radius 3 is 2.08 bits per heavy atom. The van der Waals surface area contributed by atoms with Gasteiger partial charge in [0.2, 0.25) is 0 Å². The molecule has 0 amide bonds. The van der Waals surface area contributed by atoms with Crippen molar-refractivity contribution in [1.29, 1.82) is 0 Å². The number of nitrogens with two attached hydrogens (primary N) is 1. The van der Waals surface area contributed by atoms with E-state index < -0.39 is 0 Å². The maximum absolute atomic E-state index is 12.8. The van der Waals surface area contributed by atoms with Crippen LogP contribution in [0.5, 0.6) is 0 Å². The molecule has 0 bridgehead atoms. The maximum atomic E-state index is 12.8. The highest BCUT2D eigenvalue weighted by Gasteiger charge is 2.34. The first-order chi connectivity index (χ1) is 11.0. The van der Waals surface area contributed by atoms with E-state index in [9.17, 15) is 4.79 Å². The first kappa shape index (κ1) is 22.4. The monoisotopic (exact) mass is 332 g/mol. The van der Waals surface area contributed by atoms with E-state index in [1.54, 1.807) is 7.05 Å². The molecule has 1 aliphatic rings. The van der Waals surface area contributed by atoms with Gasteiger partial charge in [0.1, 0.15) is 5.84 Å². The van der Waals surface area contributed by atoms with Crippen LogP contribution in [0.25, 0.3) is 0 Å². The summed E-state index contributed by atoms with van der Waals surface area (Å²) in [5, 5.41) is 0. The van der Waals surface area contributed by atoms with Gasteiger partial charge in [-0.05, 0) is 42.7 Å². The summed E-state index contributed by atoms with van der Waals surface area (Å²) in [6.07, 6.45) is 1.50. The van der Waals surface area contributed by atoms with E-state index in [2.05, 4.69) is 46.2 Å². The number of carbonyl (C=O) groups is 1. The quantitative estimate of drug-likeness (QED) is 0.435. The summed E-state index contributed by atoms with van der Waals surface area (Å²) >= 11 is 0. The van der Waals surface area contributed by atoms with Gasteiger partial charge in [0.05, 0.1) is 0 Å². The van der Waals surface area contributed by atoms with Crippen molar-refractivity contribution >= 4 is 11.6 Å². The summed E-state index contributed by atoms with van der Waals surface area (Å²) < 4.78 is 0. The fourth-order valence-electron chi connectivity index (χ4n) is 3.41. The van der Waals surface area contributed by atoms with Gasteiger partial charge < -0.3 is 5.73 Å². The Hall–Kier alpha value is -1.64. The smallest absolute Gasteiger partial charge is 0.163 e. The fraction of sp³-hybridized carbons (Fsp3) is 0.619. The molecule has 0 aromatic carbocycles. The van der Waals surface area contributed by atoms with E-state index in [0.717, 1.165) is 34.3 Å². The SMILES string of the molecule is C=C(C)/C(C(N)=NC)=C(\C1=C(C)CC(C)(C)CC1=O)C(C)C.CC. The van der Waals surface area contributed by atoms with Crippen LogP contribution >= 0.6 is 0 Å². The Balaban J connectivity index is 0.00000254. The highest BCUT2D eigenvalue weighted by Crippen LogP contribution is 2.41. The van der Waals surface area contributed by atoms with Gasteiger partial charge in [-0.2, -0.15) is 0 Å². The summed E-state index contributed by atoms with van der Waals surface area (Å²) in [5.41, 5.74) is 10.8. The van der Waals surface area contributed by atoms with E-state index in [-0.39, 0.29) is 17.1 Å². The number of hydrogen-bond acceptors (Lipinski definition) is 2. The van der Waals surface area contributed by atoms with Crippen LogP contribution in [0.4, 0.5) is 0 Å². The van der Waals surface area contributed by atoms with Crippen molar-refractivity contribution in [1.82, 2.24) is 0 Å². The molecule has 1 rings (SSSR count). The van der Waals surface area contributed by atoms with Gasteiger partial charge in [-0.3, -0.25) is 9.79 Å². The Morgan fingerprint density at radius 2 is 1.75 bits per heavy atom. The normalized spacial score (nSPS) is 18.9. The highest BCUT2D eigenvalue weighted by atomic mass is 16.1. The molecule has 136 valence electrons. The molecule has 0 unspecified atom stereocenters. The molecule has 0 aromatic heterocycles. The zero-order chi connectivity index (χ0) is 19.2. The number of rotatable bonds is 4. The number of Topliss-reactive ketones (excluding diaryl/α,β-unsaturated/α-hetero) is 1. The minimum Gasteiger partial charge on any atom is -0.383 e. The van der Waals surface area contributed by atoms with E-state index in [1.165, 1.54) is 0 Å². The molecule has 0 aromatic rings. The zero-order valence-electron chi connectivity index (χ0n) is 17.1. The predicted octanol–water partition coefficient (Wildman–Crippen LogP) is 5.23. The number of nitrogens with zero attached hydrogens (tertiary/aromatic N) is 1. The summed E-state index contributed by atoms with van der Waals surface area (Å²) in [7, 11) is 1.67. The second-order valence-corrected chi connectivity index (χ2v) is 7.43. The molecule has 0 heterocycles. The second kappa shape index (κ2) is 9.00. The van der Waals surface area contributed by atoms with Crippen LogP contribution in [0.2, 0.25) is 0 Å². The molecule has 24 heavy (non-hydrogen) atoms. The summed E-state index contributed by atoms with van der Waals surface area (Å²) in [6.45, 7) is 20.5. The van der Waals surface area contributed by atoms with Crippen LogP contribution in [-0.4, -0.2) is 18.7 Å². The molecule has 2 N–H and O–H groups in total. The lowest BCUT2D eigenvalue weighted by atomic mass is 9.70. The number of carbonyl (C=O) groups excluding carboxylic acids is 1. The zero-order valence-corrected chi connectivity index (χ0v) is 17.1. The Morgan fingerprint density at radius 1 is 1.25 bits per heavy atom. The predicted molar refractivity (Wildman–Crippen MR) is 106 cm³/mol. The van der Waals surface area contributed by atoms with E-state index in [4.69, 9.17) is 5.73 Å². The third kappa shape index (κ3) is 5.19. The second-order valence-electron chi connectivity index (χ2n) is 7.43. The number of hydrogen-bond donors (Lipinski definition) is 1. The molecular formula is C21H36N2O. The van der Waals surface area contributed by atoms with Gasteiger partial charge in [0.25, 0.3) is 0 Å². The lowest BCUT2D eigenvalue weighted by Crippen LogP contribution is -2.29. The Bertz CT molecular complexity index is 587. The van der Waals surface area contributed by atoms with E-state index in [1.807, 2.05) is 20.8 Å². The number of ketones is 1. The van der Waals surface area contributed by atoms with Crippen molar-refractivity contribution in [2.75, 3.05) is 7.05 Å². The average molecular weight is 333 g/mol. The van der Waals surface area contributed by atoms with Crippen LogP contribution in [0, 0.1) is 11.3 Å². The van der Waals surface area contributed by atoms with Crippen LogP contribution in [0.3, 0.4) is 0 Å². The van der Waals surface area contributed by atoms with Crippen molar-refractivity contribution in [2.24, 2.45) is 22.1 Å². The first-order valence-corrected chi connectivity index (χ1v) is 8.87. The fourth-order valence-corrected chi connectivity index (χ4v) is 3.41. The van der Waals surface area contributed by atoms with Crippen LogP contribution in [-0.2, 0) is 4.79 Å². The van der Waals surface area contributed by atoms with Crippen molar-refractivity contribution in [3.05, 3.63) is 34.4 Å². The van der Waals surface area contributed by atoms with Crippen molar-refractivity contribution in [3.63, 3.8) is 0 Å². The minimum absolute atomic E-state index is 0.0283. The first-order valence-electron chi connectivity index (χ1n) is 8.87. The molecule has 0 fully saturated rings. The van der Waals surface area contributed by atoms with Crippen molar-refractivity contribution in [3.8, 4) is 0 Å². The number of aliphatic imine (C=N–C) groups is 1. The van der Waals surface area contributed by atoms with E-state index >= 15 is 0 Å². The summed E-state index contributed by atoms with van der Waals surface area (Å²) in [4.78, 5) is 16.9. The standard InChI is InChI=1S/C19H30N2O.C2H6/c1-11(2)15(16(12(3)4)18(20)21-8)17-13(5)9-19(6,7)10-14(17)22;1-2/h11H,3,9-10H2,1-2,4-8H3,(H2,20,21);1-2H3/b16-15+;. The van der Waals surface area contributed by atoms with E-state index in [0.29, 0.717) is 12.3 Å². The molecule has 3 nitrogen and oxygen atoms in total. The van der Waals surface area contributed by atoms with Gasteiger partial charge in [-0.15, -0.1) is 0 Å². The third-order valence-corrected chi connectivity index (χ3v) is 4.13. The average Bonchev–Trinajstić information content (AvgIpc) is 2.45. The number of allylic oxidation sites excluding steroid dienone is 3. The molecule has 0 radical (unpaired) electrons. The Labute approximate surface area is 148 Å². The van der Waals surface area contributed by atoms with Crippen molar-refractivity contribution in [2.45, 2.75) is 68.2 Å². The highest BCUT2D eigenvalue weighted by molar-refractivity contribution is 6.08. The molecule has 3 heteroatoms. The molecule has 0 atom stereocenters. The Kier molecular flexibility index (Phi) is 8.39. The largest absolute Gasteiger partial charge is 0.383 e.